The van der Waals surface area contributed by atoms with Crippen molar-refractivity contribution in [3.63, 3.8) is 0 Å². The van der Waals surface area contributed by atoms with Gasteiger partial charge in [-0.15, -0.1) is 0 Å². The third-order valence-electron chi connectivity index (χ3n) is 1.77. The van der Waals surface area contributed by atoms with E-state index < -0.39 is 0 Å². The Morgan fingerprint density at radius 3 is 2.31 bits per heavy atom. The molecule has 1 aromatic heterocycles. The molecule has 13 heavy (non-hydrogen) atoms. The number of ether oxygens (including phenoxy) is 1. The second kappa shape index (κ2) is 4.18. The number of aliphatic hydroxyl groups excluding tert-OH is 1. The summed E-state index contributed by atoms with van der Waals surface area (Å²) in [6.07, 6.45) is 0. The van der Waals surface area contributed by atoms with E-state index in [1.807, 2.05) is 20.8 Å². The van der Waals surface area contributed by atoms with Crippen molar-refractivity contribution in [3.8, 4) is 5.88 Å². The third kappa shape index (κ3) is 2.39. The summed E-state index contributed by atoms with van der Waals surface area (Å²) in [5.41, 5.74) is 2.53. The highest BCUT2D eigenvalue weighted by Gasteiger charge is 2.05. The lowest BCUT2D eigenvalue weighted by Crippen LogP contribution is -2.07. The predicted octanol–water partition coefficient (Wildman–Crippen LogP) is 0.773. The Labute approximate surface area is 77.6 Å². The van der Waals surface area contributed by atoms with Crippen LogP contribution in [0.1, 0.15) is 17.1 Å². The molecule has 0 amide bonds. The van der Waals surface area contributed by atoms with Crippen molar-refractivity contribution in [3.05, 3.63) is 17.1 Å². The minimum absolute atomic E-state index is 0.00591. The zero-order valence-corrected chi connectivity index (χ0v) is 8.16. The summed E-state index contributed by atoms with van der Waals surface area (Å²) in [5.74, 6) is 0.511. The first-order chi connectivity index (χ1) is 6.15. The van der Waals surface area contributed by atoms with E-state index in [2.05, 4.69) is 9.97 Å². The van der Waals surface area contributed by atoms with Crippen LogP contribution in [0.25, 0.3) is 0 Å². The topological polar surface area (TPSA) is 55.2 Å². The third-order valence-corrected chi connectivity index (χ3v) is 1.77. The zero-order valence-electron chi connectivity index (χ0n) is 8.16. The Morgan fingerprint density at radius 1 is 1.08 bits per heavy atom. The molecule has 0 fully saturated rings. The van der Waals surface area contributed by atoms with Gasteiger partial charge in [-0.3, -0.25) is 4.98 Å². The Morgan fingerprint density at radius 2 is 1.69 bits per heavy atom. The Hall–Kier alpha value is -1.16. The molecule has 1 N–H and O–H groups in total. The second-order valence-electron chi connectivity index (χ2n) is 2.86. The summed E-state index contributed by atoms with van der Waals surface area (Å²) < 4.78 is 5.20. The highest BCUT2D eigenvalue weighted by molar-refractivity contribution is 5.22. The standard InChI is InChI=1S/C9H14N2O2/c1-6-7(2)11-9(8(3)10-6)13-5-4-12/h12H,4-5H2,1-3H3. The van der Waals surface area contributed by atoms with Crippen LogP contribution in [0, 0.1) is 20.8 Å². The average Bonchev–Trinajstić information content (AvgIpc) is 2.09. The van der Waals surface area contributed by atoms with Gasteiger partial charge in [0.1, 0.15) is 6.61 Å². The quantitative estimate of drug-likeness (QED) is 0.750. The number of rotatable bonds is 3. The lowest BCUT2D eigenvalue weighted by molar-refractivity contribution is 0.195. The van der Waals surface area contributed by atoms with Crippen LogP contribution in [0.3, 0.4) is 0 Å². The van der Waals surface area contributed by atoms with Crippen molar-refractivity contribution in [2.45, 2.75) is 20.8 Å². The van der Waals surface area contributed by atoms with Crippen molar-refractivity contribution in [2.24, 2.45) is 0 Å². The molecule has 0 radical (unpaired) electrons. The summed E-state index contributed by atoms with van der Waals surface area (Å²) in [6, 6.07) is 0. The molecule has 0 spiro atoms. The van der Waals surface area contributed by atoms with Crippen LogP contribution >= 0.6 is 0 Å². The first kappa shape index (κ1) is 9.92. The second-order valence-corrected chi connectivity index (χ2v) is 2.86. The number of aromatic nitrogens is 2. The lowest BCUT2D eigenvalue weighted by atomic mass is 10.3. The highest BCUT2D eigenvalue weighted by atomic mass is 16.5. The summed E-state index contributed by atoms with van der Waals surface area (Å²) in [6.45, 7) is 5.89. The monoisotopic (exact) mass is 182 g/mol. The Balaban J connectivity index is 2.88. The first-order valence-corrected chi connectivity index (χ1v) is 4.20. The summed E-state index contributed by atoms with van der Waals surface area (Å²) in [7, 11) is 0. The number of nitrogens with zero attached hydrogens (tertiary/aromatic N) is 2. The minimum atomic E-state index is -0.00591. The molecular formula is C9H14N2O2. The van der Waals surface area contributed by atoms with Crippen LogP contribution in [0.15, 0.2) is 0 Å². The number of aliphatic hydroxyl groups is 1. The number of aryl methyl sites for hydroxylation is 3. The maximum Gasteiger partial charge on any atom is 0.235 e. The van der Waals surface area contributed by atoms with E-state index in [1.165, 1.54) is 0 Å². The smallest absolute Gasteiger partial charge is 0.235 e. The van der Waals surface area contributed by atoms with Gasteiger partial charge in [-0.05, 0) is 20.8 Å². The molecule has 0 aliphatic heterocycles. The van der Waals surface area contributed by atoms with Crippen molar-refractivity contribution in [1.29, 1.82) is 0 Å². The summed E-state index contributed by atoms with van der Waals surface area (Å²) >= 11 is 0. The zero-order chi connectivity index (χ0) is 9.84. The molecule has 72 valence electrons. The van der Waals surface area contributed by atoms with Gasteiger partial charge >= 0.3 is 0 Å². The SMILES string of the molecule is Cc1nc(C)c(OCCO)nc1C. The van der Waals surface area contributed by atoms with Crippen LogP contribution in [-0.4, -0.2) is 28.3 Å². The van der Waals surface area contributed by atoms with E-state index in [1.54, 1.807) is 0 Å². The maximum absolute atomic E-state index is 8.57. The van der Waals surface area contributed by atoms with E-state index in [4.69, 9.17) is 9.84 Å². The van der Waals surface area contributed by atoms with Crippen LogP contribution in [0.4, 0.5) is 0 Å². The molecule has 1 heterocycles. The Bertz CT molecular complexity index is 300. The van der Waals surface area contributed by atoms with Crippen LogP contribution in [-0.2, 0) is 0 Å². The predicted molar refractivity (Wildman–Crippen MR) is 48.8 cm³/mol. The van der Waals surface area contributed by atoms with Crippen LogP contribution in [0.5, 0.6) is 5.88 Å². The fraction of sp³-hybridized carbons (Fsp3) is 0.556. The molecule has 4 heteroatoms. The van der Waals surface area contributed by atoms with Crippen molar-refractivity contribution in [2.75, 3.05) is 13.2 Å². The van der Waals surface area contributed by atoms with Gasteiger partial charge < -0.3 is 9.84 Å². The van der Waals surface area contributed by atoms with Gasteiger partial charge in [-0.25, -0.2) is 4.98 Å². The summed E-state index contributed by atoms with van der Waals surface area (Å²) in [4.78, 5) is 8.47. The molecule has 0 atom stereocenters. The normalized spacial score (nSPS) is 10.2. The van der Waals surface area contributed by atoms with Crippen molar-refractivity contribution in [1.82, 2.24) is 9.97 Å². The van der Waals surface area contributed by atoms with Gasteiger partial charge in [0.15, 0.2) is 0 Å². The molecule has 0 saturated carbocycles. The van der Waals surface area contributed by atoms with Crippen molar-refractivity contribution >= 4 is 0 Å². The average molecular weight is 182 g/mol. The molecule has 4 nitrogen and oxygen atoms in total. The van der Waals surface area contributed by atoms with E-state index in [0.29, 0.717) is 5.88 Å². The fourth-order valence-electron chi connectivity index (χ4n) is 0.973. The van der Waals surface area contributed by atoms with Gasteiger partial charge in [-0.1, -0.05) is 0 Å². The molecule has 0 bridgehead atoms. The molecule has 0 aromatic carbocycles. The van der Waals surface area contributed by atoms with E-state index in [0.717, 1.165) is 17.1 Å². The molecule has 0 aliphatic carbocycles. The molecule has 1 aromatic rings. The van der Waals surface area contributed by atoms with Crippen LogP contribution < -0.4 is 4.74 Å². The maximum atomic E-state index is 8.57. The first-order valence-electron chi connectivity index (χ1n) is 4.20. The molecule has 0 saturated heterocycles. The largest absolute Gasteiger partial charge is 0.474 e. The molecule has 0 unspecified atom stereocenters. The van der Waals surface area contributed by atoms with Gasteiger partial charge in [0.2, 0.25) is 5.88 Å². The summed E-state index contributed by atoms with van der Waals surface area (Å²) in [5, 5.41) is 8.57. The van der Waals surface area contributed by atoms with Gasteiger partial charge in [0, 0.05) is 0 Å². The molecule has 0 aliphatic rings. The minimum Gasteiger partial charge on any atom is -0.474 e. The van der Waals surface area contributed by atoms with E-state index >= 15 is 0 Å². The van der Waals surface area contributed by atoms with E-state index in [-0.39, 0.29) is 13.2 Å². The fourth-order valence-corrected chi connectivity index (χ4v) is 0.973. The highest BCUT2D eigenvalue weighted by Crippen LogP contribution is 2.13. The van der Waals surface area contributed by atoms with Crippen LogP contribution in [0.2, 0.25) is 0 Å². The Kier molecular flexibility index (Phi) is 3.19. The molecule has 1 rings (SSSR count). The number of hydrogen-bond donors (Lipinski definition) is 1. The van der Waals surface area contributed by atoms with Gasteiger partial charge in [0.25, 0.3) is 0 Å². The van der Waals surface area contributed by atoms with E-state index in [9.17, 15) is 0 Å². The number of hydrogen-bond acceptors (Lipinski definition) is 4. The molecular weight excluding hydrogens is 168 g/mol. The lowest BCUT2D eigenvalue weighted by Gasteiger charge is -2.07. The van der Waals surface area contributed by atoms with Crippen molar-refractivity contribution < 1.29 is 9.84 Å². The van der Waals surface area contributed by atoms with Gasteiger partial charge in [-0.2, -0.15) is 0 Å². The van der Waals surface area contributed by atoms with Gasteiger partial charge in [0.05, 0.1) is 23.7 Å².